The zero-order valence-electron chi connectivity index (χ0n) is 23.4. The molecule has 8 nitrogen and oxygen atoms in total. The van der Waals surface area contributed by atoms with Crippen LogP contribution >= 0.6 is 0 Å². The van der Waals surface area contributed by atoms with Crippen LogP contribution in [0.15, 0.2) is 53.2 Å². The van der Waals surface area contributed by atoms with Crippen LogP contribution in [0, 0.1) is 17.0 Å². The van der Waals surface area contributed by atoms with Gasteiger partial charge in [-0.2, -0.15) is 0 Å². The first-order valence-electron chi connectivity index (χ1n) is 14.3. The first kappa shape index (κ1) is 27.5. The lowest BCUT2D eigenvalue weighted by molar-refractivity contribution is -0.127. The van der Waals surface area contributed by atoms with Gasteiger partial charge in [0.15, 0.2) is 11.5 Å². The van der Waals surface area contributed by atoms with Gasteiger partial charge in [-0.1, -0.05) is 11.2 Å². The number of rotatable bonds is 8. The van der Waals surface area contributed by atoms with Crippen molar-refractivity contribution in [3.8, 4) is 11.3 Å². The Bertz CT molecular complexity index is 1440. The first-order valence-corrected chi connectivity index (χ1v) is 14.3. The van der Waals surface area contributed by atoms with Gasteiger partial charge in [0, 0.05) is 37.5 Å². The molecule has 2 N–H and O–H groups in total. The zero-order valence-corrected chi connectivity index (χ0v) is 23.4. The molecular formula is C31H35F2N5O3. The number of hydrogen-bond donors (Lipinski definition) is 2. The Kier molecular flexibility index (Phi) is 6.92. The quantitative estimate of drug-likeness (QED) is 0.402. The summed E-state index contributed by atoms with van der Waals surface area (Å²) >= 11 is 0. The highest BCUT2D eigenvalue weighted by Crippen LogP contribution is 2.57. The summed E-state index contributed by atoms with van der Waals surface area (Å²) < 4.78 is 32.8. The molecule has 41 heavy (non-hydrogen) atoms. The van der Waals surface area contributed by atoms with Crippen LogP contribution in [0.25, 0.3) is 11.3 Å². The molecule has 1 aliphatic heterocycles. The van der Waals surface area contributed by atoms with Crippen molar-refractivity contribution in [3.63, 3.8) is 0 Å². The first-order chi connectivity index (χ1) is 19.6. The molecule has 0 radical (unpaired) electrons. The molecule has 3 fully saturated rings. The second-order valence-electron chi connectivity index (χ2n) is 12.6. The molecule has 0 unspecified atom stereocenters. The molecule has 2 saturated carbocycles. The second kappa shape index (κ2) is 10.3. The highest BCUT2D eigenvalue weighted by molar-refractivity contribution is 5.94. The van der Waals surface area contributed by atoms with Crippen molar-refractivity contribution in [2.75, 3.05) is 13.1 Å². The second-order valence-corrected chi connectivity index (χ2v) is 12.6. The van der Waals surface area contributed by atoms with Gasteiger partial charge >= 0.3 is 0 Å². The van der Waals surface area contributed by atoms with Crippen molar-refractivity contribution < 1.29 is 22.9 Å². The lowest BCUT2D eigenvalue weighted by Crippen LogP contribution is -2.73. The normalized spacial score (nSPS) is 19.9. The number of carbonyl (C=O) groups is 2. The molecule has 1 saturated heterocycles. The Labute approximate surface area is 237 Å². The minimum Gasteiger partial charge on any atom is -0.355 e. The highest BCUT2D eigenvalue weighted by atomic mass is 19.1. The third-order valence-corrected chi connectivity index (χ3v) is 9.07. The molecule has 10 heteroatoms. The fourth-order valence-electron chi connectivity index (χ4n) is 6.48. The van der Waals surface area contributed by atoms with Crippen LogP contribution in [-0.2, 0) is 10.3 Å². The summed E-state index contributed by atoms with van der Waals surface area (Å²) in [6, 6.07) is 10.4. The molecule has 2 aliphatic carbocycles. The number of benzene rings is 1. The van der Waals surface area contributed by atoms with E-state index in [1.54, 1.807) is 6.20 Å². The van der Waals surface area contributed by atoms with Crippen LogP contribution < -0.4 is 10.6 Å². The van der Waals surface area contributed by atoms with Crippen LogP contribution in [0.1, 0.15) is 75.0 Å². The van der Waals surface area contributed by atoms with Gasteiger partial charge in [0.1, 0.15) is 11.6 Å². The van der Waals surface area contributed by atoms with Crippen molar-refractivity contribution in [1.82, 2.24) is 25.7 Å². The number of hydrogen-bond acceptors (Lipinski definition) is 6. The third kappa shape index (κ3) is 5.75. The van der Waals surface area contributed by atoms with E-state index >= 15 is 0 Å². The van der Waals surface area contributed by atoms with E-state index in [4.69, 9.17) is 4.52 Å². The Morgan fingerprint density at radius 3 is 2.49 bits per heavy atom. The van der Waals surface area contributed by atoms with Crippen molar-refractivity contribution in [2.24, 2.45) is 5.41 Å². The molecule has 1 aromatic carbocycles. The number of nitrogens with one attached hydrogen (secondary N) is 2. The zero-order chi connectivity index (χ0) is 28.8. The van der Waals surface area contributed by atoms with E-state index in [-0.39, 0.29) is 29.3 Å². The van der Waals surface area contributed by atoms with Crippen LogP contribution in [-0.4, -0.2) is 51.5 Å². The molecule has 3 aromatic rings. The Morgan fingerprint density at radius 2 is 1.83 bits per heavy atom. The van der Waals surface area contributed by atoms with Crippen molar-refractivity contribution in [1.29, 1.82) is 0 Å². The number of halogens is 2. The van der Waals surface area contributed by atoms with E-state index in [1.165, 1.54) is 37.8 Å². The number of pyridine rings is 1. The maximum absolute atomic E-state index is 14.3. The summed E-state index contributed by atoms with van der Waals surface area (Å²) in [5, 5.41) is 9.98. The molecular weight excluding hydrogens is 528 g/mol. The van der Waals surface area contributed by atoms with Gasteiger partial charge in [0.2, 0.25) is 5.91 Å². The Morgan fingerprint density at radius 1 is 1.07 bits per heavy atom. The largest absolute Gasteiger partial charge is 0.355 e. The van der Waals surface area contributed by atoms with Crippen LogP contribution in [0.3, 0.4) is 0 Å². The summed E-state index contributed by atoms with van der Waals surface area (Å²) in [7, 11) is 0. The molecule has 3 aliphatic rings. The fourth-order valence-corrected chi connectivity index (χ4v) is 6.48. The minimum atomic E-state index is -0.813. The van der Waals surface area contributed by atoms with Crippen molar-refractivity contribution >= 4 is 11.8 Å². The Hall–Kier alpha value is -3.66. The lowest BCUT2D eigenvalue weighted by Gasteiger charge is -2.54. The van der Waals surface area contributed by atoms with E-state index in [1.807, 2.05) is 32.0 Å². The minimum absolute atomic E-state index is 0.00402. The smallest absolute Gasteiger partial charge is 0.274 e. The van der Waals surface area contributed by atoms with E-state index in [0.717, 1.165) is 30.7 Å². The van der Waals surface area contributed by atoms with Crippen molar-refractivity contribution in [3.05, 3.63) is 71.7 Å². The van der Waals surface area contributed by atoms with Crippen molar-refractivity contribution in [2.45, 2.75) is 75.9 Å². The number of likely N-dealkylation sites (tertiary alicyclic amines) is 1. The fraction of sp³-hybridized carbons (Fsp3) is 0.484. The van der Waals surface area contributed by atoms with Crippen LogP contribution in [0.4, 0.5) is 8.78 Å². The monoisotopic (exact) mass is 563 g/mol. The average Bonchev–Trinajstić information content (AvgIpc) is 3.48. The molecule has 0 atom stereocenters. The molecule has 2 amide bonds. The van der Waals surface area contributed by atoms with Gasteiger partial charge in [0.05, 0.1) is 28.8 Å². The number of aromatic nitrogens is 2. The summed E-state index contributed by atoms with van der Waals surface area (Å²) in [6.45, 7) is 4.88. The van der Waals surface area contributed by atoms with Gasteiger partial charge in [-0.3, -0.25) is 19.5 Å². The van der Waals surface area contributed by atoms with E-state index in [0.29, 0.717) is 24.5 Å². The topological polar surface area (TPSA) is 100 Å². The average molecular weight is 564 g/mol. The number of carbonyl (C=O) groups excluding carboxylic acids is 2. The van der Waals surface area contributed by atoms with Gasteiger partial charge in [-0.05, 0) is 82.1 Å². The molecule has 216 valence electrons. The third-order valence-electron chi connectivity index (χ3n) is 9.07. The number of nitrogens with zero attached hydrogens (tertiary/aromatic N) is 3. The Balaban J connectivity index is 1.16. The molecule has 1 spiro atoms. The molecule has 6 rings (SSSR count). The highest BCUT2D eigenvalue weighted by Gasteiger charge is 2.52. The number of amides is 2. The summed E-state index contributed by atoms with van der Waals surface area (Å²) in [5.41, 5.74) is -0.210. The van der Waals surface area contributed by atoms with Gasteiger partial charge < -0.3 is 15.2 Å². The predicted molar refractivity (Wildman–Crippen MR) is 148 cm³/mol. The standard InChI is InChI=1S/C31H35F2N5O3/c1-29(2,26-5-3-4-14-34-26)35-27(39)17-31(18-38(19-31)21-8-10-30(11-9-21)12-13-30)36-28(40)24-16-25(41-37-24)22-7-6-20(32)15-23(22)33/h3-7,14-16,21H,8-13,17-19H2,1-2H3,(H,35,39)(H,36,40). The van der Waals surface area contributed by atoms with E-state index < -0.39 is 28.6 Å². The van der Waals surface area contributed by atoms with E-state index in [2.05, 4.69) is 25.7 Å². The van der Waals surface area contributed by atoms with Gasteiger partial charge in [-0.25, -0.2) is 8.78 Å². The maximum Gasteiger partial charge on any atom is 0.274 e. The summed E-state index contributed by atoms with van der Waals surface area (Å²) in [5.74, 6) is -2.22. The van der Waals surface area contributed by atoms with Gasteiger partial charge in [0.25, 0.3) is 5.91 Å². The van der Waals surface area contributed by atoms with E-state index in [9.17, 15) is 18.4 Å². The van der Waals surface area contributed by atoms with Crippen LogP contribution in [0.5, 0.6) is 0 Å². The SMILES string of the molecule is CC(C)(NC(=O)CC1(NC(=O)c2cc(-c3ccc(F)cc3F)on2)CN(C2CCC3(CC2)CC3)C1)c1ccccn1. The molecule has 0 bridgehead atoms. The lowest BCUT2D eigenvalue weighted by atomic mass is 9.78. The van der Waals surface area contributed by atoms with Gasteiger partial charge in [-0.15, -0.1) is 0 Å². The molecule has 3 heterocycles. The molecule has 2 aromatic heterocycles. The van der Waals surface area contributed by atoms with Crippen LogP contribution in [0.2, 0.25) is 0 Å². The summed E-state index contributed by atoms with van der Waals surface area (Å²) in [4.78, 5) is 33.5. The maximum atomic E-state index is 14.3. The predicted octanol–water partition coefficient (Wildman–Crippen LogP) is 4.96. The summed E-state index contributed by atoms with van der Waals surface area (Å²) in [6.07, 6.45) is 9.22.